The Bertz CT molecular complexity index is 1390. The zero-order valence-electron chi connectivity index (χ0n) is 21.9. The van der Waals surface area contributed by atoms with Gasteiger partial charge in [-0.1, -0.05) is 36.4 Å². The Morgan fingerprint density at radius 3 is 2.34 bits per heavy atom. The van der Waals surface area contributed by atoms with E-state index in [2.05, 4.69) is 19.5 Å². The molecule has 0 aliphatic rings. The summed E-state index contributed by atoms with van der Waals surface area (Å²) in [5, 5.41) is 9.73. The van der Waals surface area contributed by atoms with Gasteiger partial charge in [0, 0.05) is 40.5 Å². The average Bonchev–Trinajstić information content (AvgIpc) is 2.92. The maximum Gasteiger partial charge on any atom is 2.00 e. The summed E-state index contributed by atoms with van der Waals surface area (Å²) < 4.78 is 15.3. The number of amides is 1. The van der Waals surface area contributed by atoms with E-state index < -0.39 is 20.4 Å². The number of benzene rings is 1. The fourth-order valence-corrected chi connectivity index (χ4v) is 4.25. The van der Waals surface area contributed by atoms with Crippen molar-refractivity contribution in [3.8, 4) is 0 Å². The summed E-state index contributed by atoms with van der Waals surface area (Å²) in [6, 6.07) is 13.1. The molecule has 0 aliphatic carbocycles. The Hall–Kier alpha value is -3.41. The minimum Gasteiger partial charge on any atom is -0.756 e. The van der Waals surface area contributed by atoms with E-state index >= 15 is 0 Å². The molecule has 0 saturated heterocycles. The van der Waals surface area contributed by atoms with E-state index in [9.17, 15) is 28.9 Å². The van der Waals surface area contributed by atoms with E-state index in [1.807, 2.05) is 0 Å². The van der Waals surface area contributed by atoms with Crippen LogP contribution in [-0.4, -0.2) is 48.8 Å². The van der Waals surface area contributed by atoms with E-state index in [1.165, 1.54) is 23.4 Å². The van der Waals surface area contributed by atoms with Crippen LogP contribution in [0.4, 0.5) is 5.82 Å². The summed E-state index contributed by atoms with van der Waals surface area (Å²) in [7, 11) is -4.92. The molecule has 0 aliphatic heterocycles. The second-order valence-corrected chi connectivity index (χ2v) is 10.1. The monoisotopic (exact) mass is 639 g/mol. The van der Waals surface area contributed by atoms with Crippen LogP contribution in [0.15, 0.2) is 71.5 Å². The van der Waals surface area contributed by atoms with Crippen molar-refractivity contribution in [2.75, 3.05) is 12.3 Å². The van der Waals surface area contributed by atoms with E-state index in [0.717, 1.165) is 11.8 Å². The van der Waals surface area contributed by atoms with E-state index in [0.29, 0.717) is 34.0 Å². The predicted molar refractivity (Wildman–Crippen MR) is 143 cm³/mol. The smallest absolute Gasteiger partial charge is 0.756 e. The normalized spacial score (nSPS) is 12.4. The van der Waals surface area contributed by atoms with Crippen LogP contribution in [0.2, 0.25) is 0 Å². The number of allylic oxidation sites excluding steroid dienone is 1. The van der Waals surface area contributed by atoms with Gasteiger partial charge in [-0.2, -0.15) is 0 Å². The molecule has 41 heavy (non-hydrogen) atoms. The molecule has 1 amide bonds. The van der Waals surface area contributed by atoms with Crippen LogP contribution in [-0.2, 0) is 37.8 Å². The minimum atomic E-state index is -4.92. The average molecular weight is 640 g/mol. The van der Waals surface area contributed by atoms with Gasteiger partial charge in [-0.05, 0) is 37.7 Å². The molecule has 13 nitrogen and oxygen atoms in total. The molecule has 3 N–H and O–H groups in total. The first-order valence-electron chi connectivity index (χ1n) is 11.5. The molecule has 2 heterocycles. The fourth-order valence-electron chi connectivity index (χ4n) is 3.00. The molecule has 1 aromatic carbocycles. The zero-order valence-corrected chi connectivity index (χ0v) is 24.9. The number of phosphoric acid groups is 1. The van der Waals surface area contributed by atoms with Crippen LogP contribution in [0, 0.1) is 6.92 Å². The first-order valence-corrected chi connectivity index (χ1v) is 13.8. The Kier molecular flexibility index (Phi) is 15.1. The standard InChI is InChI=1S/C19H23N4O6PS.C6H5NO2.Cr/c1-13(23(12-24)11-16-10-21-14(2)22-18(16)20)17(8-9-29-30(26,27)28)31-19(25)15-6-4-3-5-7-15;8-6(9)5-3-1-2-4-7-5;/h3-7,10,12H,8-9,11H2,1-2H3,(H2,20,21,22)(H2,26,27,28);1-4H,(H,8,9);/q;;+2/p-2/b17-13-;;. The van der Waals surface area contributed by atoms with Crippen LogP contribution >= 0.6 is 19.6 Å². The summed E-state index contributed by atoms with van der Waals surface area (Å²) in [6.45, 7) is 2.94. The number of carboxylic acids is 1. The van der Waals surface area contributed by atoms with Gasteiger partial charge in [-0.25, -0.2) is 9.97 Å². The van der Waals surface area contributed by atoms with Crippen LogP contribution < -0.4 is 15.7 Å². The molecular weight excluding hydrogens is 613 g/mol. The number of aromatic carboxylic acids is 1. The third-order valence-electron chi connectivity index (χ3n) is 5.00. The number of anilines is 1. The third-order valence-corrected chi connectivity index (χ3v) is 6.68. The number of carbonyl (C=O) groups is 3. The van der Waals surface area contributed by atoms with Crippen molar-refractivity contribution in [1.29, 1.82) is 0 Å². The van der Waals surface area contributed by atoms with Crippen molar-refractivity contribution in [2.24, 2.45) is 0 Å². The SMILES string of the molecule is C/C(=C(\CCOP(=O)([O-])O)SC(=O)c1ccccc1)N(C=O)Cc1cnc(C)nc1N.O=C([O-])c1ccccn1.[Cr+2]. The molecule has 3 rings (SSSR count). The molecule has 0 spiro atoms. The maximum absolute atomic E-state index is 12.7. The molecule has 1 atom stereocenters. The molecule has 16 heteroatoms. The van der Waals surface area contributed by atoms with Crippen LogP contribution in [0.25, 0.3) is 0 Å². The molecule has 0 radical (unpaired) electrons. The van der Waals surface area contributed by atoms with E-state index in [4.69, 9.17) is 10.6 Å². The Balaban J connectivity index is 0.000000714. The van der Waals surface area contributed by atoms with Gasteiger partial charge in [0.2, 0.25) is 11.5 Å². The predicted octanol–water partition coefficient (Wildman–Crippen LogP) is 1.44. The van der Waals surface area contributed by atoms with Crippen molar-refractivity contribution < 1.29 is 55.7 Å². The molecule has 2 aromatic heterocycles. The van der Waals surface area contributed by atoms with Crippen molar-refractivity contribution in [1.82, 2.24) is 19.9 Å². The van der Waals surface area contributed by atoms with Gasteiger partial charge in [0.15, 0.2) is 0 Å². The molecule has 0 fully saturated rings. The van der Waals surface area contributed by atoms with Crippen molar-refractivity contribution in [2.45, 2.75) is 26.8 Å². The Morgan fingerprint density at radius 1 is 1.17 bits per heavy atom. The first-order chi connectivity index (χ1) is 18.9. The van der Waals surface area contributed by atoms with Gasteiger partial charge in [-0.15, -0.1) is 0 Å². The van der Waals surface area contributed by atoms with Gasteiger partial charge in [0.25, 0.3) is 7.82 Å². The molecular formula is C25H26CrN5O8PS. The second kappa shape index (κ2) is 17.4. The Morgan fingerprint density at radius 2 is 1.83 bits per heavy atom. The van der Waals surface area contributed by atoms with Gasteiger partial charge in [-0.3, -0.25) is 19.1 Å². The quantitative estimate of drug-likeness (QED) is 0.225. The Labute approximate surface area is 251 Å². The number of nitrogens with zero attached hydrogens (tertiary/aromatic N) is 4. The van der Waals surface area contributed by atoms with E-state index in [-0.39, 0.29) is 47.0 Å². The van der Waals surface area contributed by atoms with Gasteiger partial charge < -0.3 is 34.8 Å². The van der Waals surface area contributed by atoms with E-state index in [1.54, 1.807) is 56.3 Å². The number of thioether (sulfide) groups is 1. The second-order valence-electron chi connectivity index (χ2n) is 7.88. The van der Waals surface area contributed by atoms with Crippen LogP contribution in [0.1, 0.15) is 45.6 Å². The molecule has 0 bridgehead atoms. The van der Waals surface area contributed by atoms with Crippen LogP contribution in [0.5, 0.6) is 0 Å². The van der Waals surface area contributed by atoms with Crippen molar-refractivity contribution in [3.63, 3.8) is 0 Å². The van der Waals surface area contributed by atoms with Crippen molar-refractivity contribution >= 4 is 42.9 Å². The third kappa shape index (κ3) is 12.8. The fraction of sp³-hybridized carbons (Fsp3) is 0.200. The molecule has 0 saturated carbocycles. The maximum atomic E-state index is 12.7. The number of aryl methyl sites for hydroxylation is 1. The van der Waals surface area contributed by atoms with Crippen molar-refractivity contribution in [3.05, 3.63) is 94.2 Å². The number of carboxylic acid groups (broad SMARTS) is 1. The summed E-state index contributed by atoms with van der Waals surface area (Å²) in [5.74, 6) is -0.535. The number of phosphoric ester groups is 1. The minimum absolute atomic E-state index is 0. The summed E-state index contributed by atoms with van der Waals surface area (Å²) in [4.78, 5) is 67.5. The molecule has 3 aromatic rings. The number of aromatic nitrogens is 3. The number of pyridine rings is 1. The summed E-state index contributed by atoms with van der Waals surface area (Å²) in [5.41, 5.74) is 7.21. The molecule has 1 unspecified atom stereocenters. The number of nitrogens with two attached hydrogens (primary N) is 1. The number of hydrogen-bond acceptors (Lipinski definition) is 12. The van der Waals surface area contributed by atoms with Gasteiger partial charge in [0.1, 0.15) is 11.6 Å². The number of nitrogen functional groups attached to an aromatic ring is 1. The largest absolute Gasteiger partial charge is 2.00 e. The zero-order chi connectivity index (χ0) is 29.7. The first kappa shape index (κ1) is 35.6. The molecule has 216 valence electrons. The van der Waals surface area contributed by atoms with Gasteiger partial charge in [0.05, 0.1) is 24.8 Å². The number of hydrogen-bond donors (Lipinski definition) is 2. The topological polar surface area (TPSA) is 212 Å². The summed E-state index contributed by atoms with van der Waals surface area (Å²) >= 11 is 0.842. The number of rotatable bonds is 11. The summed E-state index contributed by atoms with van der Waals surface area (Å²) in [6.07, 6.45) is 3.44. The van der Waals surface area contributed by atoms with Crippen LogP contribution in [0.3, 0.4) is 0 Å². The number of carbonyl (C=O) groups excluding carboxylic acids is 3. The van der Waals surface area contributed by atoms with Gasteiger partial charge >= 0.3 is 17.4 Å².